The van der Waals surface area contributed by atoms with Crippen LogP contribution in [-0.4, -0.2) is 40.4 Å². The monoisotopic (exact) mass is 368 g/mol. The normalized spacial score (nSPS) is 16.8. The Morgan fingerprint density at radius 1 is 0.963 bits per heavy atom. The summed E-state index contributed by atoms with van der Waals surface area (Å²) in [6.45, 7) is 6.46. The zero-order valence-corrected chi connectivity index (χ0v) is 16.8. The van der Waals surface area contributed by atoms with E-state index in [1.54, 1.807) is 7.11 Å². The van der Waals surface area contributed by atoms with E-state index in [0.717, 1.165) is 51.2 Å². The first kappa shape index (κ1) is 19.7. The second kappa shape index (κ2) is 9.25. The highest BCUT2D eigenvalue weighted by molar-refractivity contribution is 5.49. The van der Waals surface area contributed by atoms with E-state index in [1.807, 2.05) is 19.2 Å². The molecule has 1 unspecified atom stereocenters. The highest BCUT2D eigenvalue weighted by Gasteiger charge is 2.30. The van der Waals surface area contributed by atoms with Crippen LogP contribution < -0.4 is 15.0 Å². The first-order valence-corrected chi connectivity index (χ1v) is 9.95. The number of piperazine rings is 1. The smallest absolute Gasteiger partial charge is 0.118 e. The fraction of sp³-hybridized carbons (Fsp3) is 0.478. The molecule has 1 saturated heterocycles. The predicted octanol–water partition coefficient (Wildman–Crippen LogP) is 3.99. The second-order valence-electron chi connectivity index (χ2n) is 7.18. The van der Waals surface area contributed by atoms with Gasteiger partial charge >= 0.3 is 0 Å². The topological polar surface area (TPSA) is 33.7 Å². The third-order valence-electron chi connectivity index (χ3n) is 5.81. The van der Waals surface area contributed by atoms with E-state index >= 15 is 0 Å². The molecule has 0 amide bonds. The zero-order chi connectivity index (χ0) is 19.1. The lowest BCUT2D eigenvalue weighted by Crippen LogP contribution is -2.43. The van der Waals surface area contributed by atoms with Gasteiger partial charge in [0.1, 0.15) is 5.75 Å². The van der Waals surface area contributed by atoms with E-state index in [9.17, 15) is 0 Å². The maximum atomic E-state index is 6.08. The molecule has 1 aliphatic rings. The Labute approximate surface area is 163 Å². The molecular weight excluding hydrogens is 336 g/mol. The summed E-state index contributed by atoms with van der Waals surface area (Å²) in [5, 5.41) is 3.41. The van der Waals surface area contributed by atoms with Gasteiger partial charge in [0.05, 0.1) is 12.7 Å². The number of methoxy groups -OCH3 is 2. The van der Waals surface area contributed by atoms with Crippen molar-refractivity contribution < 1.29 is 9.47 Å². The van der Waals surface area contributed by atoms with Crippen molar-refractivity contribution >= 4 is 5.69 Å². The van der Waals surface area contributed by atoms with Crippen molar-refractivity contribution in [3.05, 3.63) is 59.7 Å². The number of rotatable bonds is 8. The van der Waals surface area contributed by atoms with Gasteiger partial charge in [-0.3, -0.25) is 0 Å². The molecule has 27 heavy (non-hydrogen) atoms. The van der Waals surface area contributed by atoms with Gasteiger partial charge in [-0.15, -0.1) is 0 Å². The molecule has 4 nitrogen and oxygen atoms in total. The molecule has 146 valence electrons. The van der Waals surface area contributed by atoms with Crippen LogP contribution >= 0.6 is 0 Å². The number of ether oxygens (including phenoxy) is 2. The molecule has 3 rings (SSSR count). The van der Waals surface area contributed by atoms with Crippen molar-refractivity contribution in [2.24, 2.45) is 0 Å². The van der Waals surface area contributed by atoms with Gasteiger partial charge in [-0.1, -0.05) is 31.2 Å². The molecule has 1 N–H and O–H groups in total. The Bertz CT molecular complexity index is 687. The molecule has 0 spiro atoms. The van der Waals surface area contributed by atoms with E-state index in [2.05, 4.69) is 53.5 Å². The van der Waals surface area contributed by atoms with Crippen molar-refractivity contribution in [2.75, 3.05) is 45.3 Å². The standard InChI is InChI=1S/C23H32N2O2/c1-4-23(27-3,14-13-19-5-11-22(26-2)12-6-19)20-7-9-21(10-8-20)25-17-15-24-16-18-25/h5-12,24H,4,13-18H2,1-3H3. The van der Waals surface area contributed by atoms with Gasteiger partial charge in [-0.2, -0.15) is 0 Å². The summed E-state index contributed by atoms with van der Waals surface area (Å²) >= 11 is 0. The molecule has 1 atom stereocenters. The Balaban J connectivity index is 1.72. The fourth-order valence-corrected chi connectivity index (χ4v) is 3.93. The van der Waals surface area contributed by atoms with Crippen LogP contribution in [0.3, 0.4) is 0 Å². The number of benzene rings is 2. The molecule has 0 radical (unpaired) electrons. The summed E-state index contributed by atoms with van der Waals surface area (Å²) in [5.74, 6) is 0.899. The van der Waals surface area contributed by atoms with Crippen molar-refractivity contribution in [3.63, 3.8) is 0 Å². The van der Waals surface area contributed by atoms with Gasteiger partial charge in [0.25, 0.3) is 0 Å². The van der Waals surface area contributed by atoms with Crippen molar-refractivity contribution in [2.45, 2.75) is 31.8 Å². The van der Waals surface area contributed by atoms with Crippen LogP contribution in [0.2, 0.25) is 0 Å². The lowest BCUT2D eigenvalue weighted by Gasteiger charge is -2.34. The summed E-state index contributed by atoms with van der Waals surface area (Å²) in [5.41, 5.74) is 3.63. The predicted molar refractivity (Wildman–Crippen MR) is 112 cm³/mol. The molecule has 0 bridgehead atoms. The van der Waals surface area contributed by atoms with Gasteiger partial charge in [-0.25, -0.2) is 0 Å². The average molecular weight is 369 g/mol. The lowest BCUT2D eigenvalue weighted by atomic mass is 9.85. The number of aryl methyl sites for hydroxylation is 1. The molecule has 1 heterocycles. The third kappa shape index (κ3) is 4.63. The van der Waals surface area contributed by atoms with Crippen molar-refractivity contribution in [1.82, 2.24) is 5.32 Å². The van der Waals surface area contributed by atoms with E-state index in [-0.39, 0.29) is 5.60 Å². The van der Waals surface area contributed by atoms with Crippen LogP contribution in [0.4, 0.5) is 5.69 Å². The highest BCUT2D eigenvalue weighted by Crippen LogP contribution is 2.35. The summed E-state index contributed by atoms with van der Waals surface area (Å²) in [4.78, 5) is 2.44. The number of nitrogens with zero attached hydrogens (tertiary/aromatic N) is 1. The van der Waals surface area contributed by atoms with Gasteiger partial charge in [0.2, 0.25) is 0 Å². The highest BCUT2D eigenvalue weighted by atomic mass is 16.5. The Hall–Kier alpha value is -2.04. The van der Waals surface area contributed by atoms with Gasteiger partial charge in [0.15, 0.2) is 0 Å². The van der Waals surface area contributed by atoms with Crippen molar-refractivity contribution in [3.8, 4) is 5.75 Å². The average Bonchev–Trinajstić information content (AvgIpc) is 2.76. The minimum Gasteiger partial charge on any atom is -0.497 e. The quantitative estimate of drug-likeness (QED) is 0.764. The van der Waals surface area contributed by atoms with Crippen LogP contribution in [-0.2, 0) is 16.8 Å². The van der Waals surface area contributed by atoms with Crippen LogP contribution in [0.1, 0.15) is 30.9 Å². The fourth-order valence-electron chi connectivity index (χ4n) is 3.93. The number of anilines is 1. The summed E-state index contributed by atoms with van der Waals surface area (Å²) in [6.07, 6.45) is 2.89. The summed E-state index contributed by atoms with van der Waals surface area (Å²) in [7, 11) is 3.54. The number of hydrogen-bond donors (Lipinski definition) is 1. The maximum absolute atomic E-state index is 6.08. The molecule has 0 aromatic heterocycles. The number of nitrogens with one attached hydrogen (secondary N) is 1. The molecule has 4 heteroatoms. The van der Waals surface area contributed by atoms with Crippen LogP contribution in [0.15, 0.2) is 48.5 Å². The summed E-state index contributed by atoms with van der Waals surface area (Å²) in [6, 6.07) is 17.3. The first-order chi connectivity index (χ1) is 13.2. The molecule has 1 aliphatic heterocycles. The van der Waals surface area contributed by atoms with E-state index in [4.69, 9.17) is 9.47 Å². The molecule has 0 aliphatic carbocycles. The van der Waals surface area contributed by atoms with Gasteiger partial charge in [0, 0.05) is 39.0 Å². The zero-order valence-electron chi connectivity index (χ0n) is 16.8. The minimum absolute atomic E-state index is 0.248. The van der Waals surface area contributed by atoms with E-state index in [1.165, 1.54) is 16.8 Å². The molecule has 2 aromatic carbocycles. The molecule has 0 saturated carbocycles. The Kier molecular flexibility index (Phi) is 6.75. The van der Waals surface area contributed by atoms with Crippen LogP contribution in [0.5, 0.6) is 5.75 Å². The van der Waals surface area contributed by atoms with Crippen molar-refractivity contribution in [1.29, 1.82) is 0 Å². The van der Waals surface area contributed by atoms with Gasteiger partial charge in [-0.05, 0) is 54.7 Å². The molecule has 2 aromatic rings. The van der Waals surface area contributed by atoms with E-state index in [0.29, 0.717) is 0 Å². The molecule has 1 fully saturated rings. The minimum atomic E-state index is -0.248. The van der Waals surface area contributed by atoms with Crippen LogP contribution in [0, 0.1) is 0 Å². The first-order valence-electron chi connectivity index (χ1n) is 9.95. The Morgan fingerprint density at radius 2 is 1.63 bits per heavy atom. The maximum Gasteiger partial charge on any atom is 0.118 e. The second-order valence-corrected chi connectivity index (χ2v) is 7.18. The molecular formula is C23H32N2O2. The SMILES string of the molecule is CCC(CCc1ccc(OC)cc1)(OC)c1ccc(N2CCNCC2)cc1. The lowest BCUT2D eigenvalue weighted by molar-refractivity contribution is -0.0254. The third-order valence-corrected chi connectivity index (χ3v) is 5.81. The number of hydrogen-bond acceptors (Lipinski definition) is 4. The summed E-state index contributed by atoms with van der Waals surface area (Å²) < 4.78 is 11.3. The Morgan fingerprint density at radius 3 is 2.19 bits per heavy atom. The van der Waals surface area contributed by atoms with Gasteiger partial charge < -0.3 is 19.7 Å². The van der Waals surface area contributed by atoms with Crippen LogP contribution in [0.25, 0.3) is 0 Å². The van der Waals surface area contributed by atoms with E-state index < -0.39 is 0 Å². The largest absolute Gasteiger partial charge is 0.497 e.